The van der Waals surface area contributed by atoms with Gasteiger partial charge in [-0.25, -0.2) is 8.78 Å². The first-order chi connectivity index (χ1) is 15.6. The largest absolute Gasteiger partial charge is 0.465 e. The molecule has 2 aromatic carbocycles. The van der Waals surface area contributed by atoms with Crippen LogP contribution in [0, 0.1) is 18.6 Å². The van der Waals surface area contributed by atoms with Gasteiger partial charge in [0, 0.05) is 31.6 Å². The summed E-state index contributed by atoms with van der Waals surface area (Å²) in [6.45, 7) is 10.4. The molecule has 2 heterocycles. The van der Waals surface area contributed by atoms with Crippen LogP contribution in [-0.4, -0.2) is 41.9 Å². The number of carbonyl (C=O) groups excluding carboxylic acids is 1. The molecule has 0 atom stereocenters. The SMILES string of the molecule is Cc1oc(C(C)(C)C)cc1C(=O)N1CCN(C(c2ccc(F)cc2)c2ccc(F)cc2)CC1. The van der Waals surface area contributed by atoms with Crippen molar-refractivity contribution in [2.24, 2.45) is 0 Å². The van der Waals surface area contributed by atoms with E-state index in [2.05, 4.69) is 25.7 Å². The lowest BCUT2D eigenvalue weighted by molar-refractivity contribution is 0.0595. The number of nitrogens with zero attached hydrogens (tertiary/aromatic N) is 2. The van der Waals surface area contributed by atoms with Gasteiger partial charge < -0.3 is 9.32 Å². The van der Waals surface area contributed by atoms with Crippen LogP contribution in [0.2, 0.25) is 0 Å². The van der Waals surface area contributed by atoms with Crippen molar-refractivity contribution in [1.29, 1.82) is 0 Å². The van der Waals surface area contributed by atoms with Crippen molar-refractivity contribution < 1.29 is 18.0 Å². The van der Waals surface area contributed by atoms with E-state index in [4.69, 9.17) is 4.42 Å². The van der Waals surface area contributed by atoms with E-state index in [0.29, 0.717) is 37.5 Å². The highest BCUT2D eigenvalue weighted by Crippen LogP contribution is 2.31. The fourth-order valence-electron chi connectivity index (χ4n) is 4.32. The first-order valence-electron chi connectivity index (χ1n) is 11.3. The van der Waals surface area contributed by atoms with Crippen LogP contribution in [0.25, 0.3) is 0 Å². The second kappa shape index (κ2) is 9.10. The molecular weight excluding hydrogens is 422 g/mol. The zero-order valence-corrected chi connectivity index (χ0v) is 19.6. The monoisotopic (exact) mass is 452 g/mol. The molecule has 1 saturated heterocycles. The van der Waals surface area contributed by atoms with E-state index in [9.17, 15) is 13.6 Å². The van der Waals surface area contributed by atoms with Gasteiger partial charge in [-0.15, -0.1) is 0 Å². The van der Waals surface area contributed by atoms with Gasteiger partial charge in [0.25, 0.3) is 5.91 Å². The van der Waals surface area contributed by atoms with Gasteiger partial charge in [-0.3, -0.25) is 9.69 Å². The number of benzene rings is 2. The summed E-state index contributed by atoms with van der Waals surface area (Å²) in [6.07, 6.45) is 0. The number of piperazine rings is 1. The van der Waals surface area contributed by atoms with Crippen molar-refractivity contribution in [1.82, 2.24) is 9.80 Å². The topological polar surface area (TPSA) is 36.7 Å². The highest BCUT2D eigenvalue weighted by molar-refractivity contribution is 5.95. The molecule has 33 heavy (non-hydrogen) atoms. The fraction of sp³-hybridized carbons (Fsp3) is 0.370. The molecular formula is C27H30F2N2O2. The fourth-order valence-corrected chi connectivity index (χ4v) is 4.32. The molecule has 0 saturated carbocycles. The average Bonchev–Trinajstić information content (AvgIpc) is 3.19. The standard InChI is InChI=1S/C27H30F2N2O2/c1-18-23(17-24(33-18)27(2,3)4)26(32)31-15-13-30(14-16-31)25(19-5-9-21(28)10-6-19)20-7-11-22(29)12-8-20/h5-12,17,25H,13-16H2,1-4H3. The van der Waals surface area contributed by atoms with E-state index in [0.717, 1.165) is 16.9 Å². The second-order valence-electron chi connectivity index (χ2n) is 9.66. The van der Waals surface area contributed by atoms with Gasteiger partial charge >= 0.3 is 0 Å². The minimum absolute atomic E-state index is 0.0217. The lowest BCUT2D eigenvalue weighted by Gasteiger charge is -2.39. The van der Waals surface area contributed by atoms with Crippen LogP contribution in [-0.2, 0) is 5.41 Å². The molecule has 4 nitrogen and oxygen atoms in total. The molecule has 0 unspecified atom stereocenters. The predicted molar refractivity (Wildman–Crippen MR) is 124 cm³/mol. The normalized spacial score (nSPS) is 15.3. The molecule has 1 aliphatic rings. The van der Waals surface area contributed by atoms with Crippen LogP contribution < -0.4 is 0 Å². The summed E-state index contributed by atoms with van der Waals surface area (Å²) in [4.78, 5) is 17.3. The summed E-state index contributed by atoms with van der Waals surface area (Å²) in [5.41, 5.74) is 2.31. The highest BCUT2D eigenvalue weighted by Gasteiger charge is 2.31. The molecule has 3 aromatic rings. The van der Waals surface area contributed by atoms with E-state index in [-0.39, 0.29) is 29.0 Å². The van der Waals surface area contributed by atoms with E-state index < -0.39 is 0 Å². The number of halogens is 2. The second-order valence-corrected chi connectivity index (χ2v) is 9.66. The number of hydrogen-bond acceptors (Lipinski definition) is 3. The van der Waals surface area contributed by atoms with Crippen LogP contribution >= 0.6 is 0 Å². The van der Waals surface area contributed by atoms with Gasteiger partial charge in [0.1, 0.15) is 23.2 Å². The third-order valence-corrected chi connectivity index (χ3v) is 6.23. The Morgan fingerprint density at radius 3 is 1.79 bits per heavy atom. The number of rotatable bonds is 4. The number of amides is 1. The Bertz CT molecular complexity index is 1060. The highest BCUT2D eigenvalue weighted by atomic mass is 19.1. The van der Waals surface area contributed by atoms with Crippen molar-refractivity contribution in [3.63, 3.8) is 0 Å². The maximum atomic E-state index is 13.5. The number of furan rings is 1. The third kappa shape index (κ3) is 5.01. The quantitative estimate of drug-likeness (QED) is 0.509. The molecule has 0 spiro atoms. The van der Waals surface area contributed by atoms with Gasteiger partial charge in [-0.05, 0) is 48.4 Å². The predicted octanol–water partition coefficient (Wildman–Crippen LogP) is 5.71. The smallest absolute Gasteiger partial charge is 0.257 e. The van der Waals surface area contributed by atoms with E-state index in [1.807, 2.05) is 17.9 Å². The maximum absolute atomic E-state index is 13.5. The van der Waals surface area contributed by atoms with Crippen molar-refractivity contribution in [3.05, 3.63) is 94.4 Å². The molecule has 1 aromatic heterocycles. The Balaban J connectivity index is 1.53. The van der Waals surface area contributed by atoms with Crippen LogP contribution in [0.15, 0.2) is 59.0 Å². The zero-order valence-electron chi connectivity index (χ0n) is 19.6. The molecule has 1 fully saturated rings. The van der Waals surface area contributed by atoms with Gasteiger partial charge in [0.05, 0.1) is 11.6 Å². The Labute approximate surface area is 193 Å². The van der Waals surface area contributed by atoms with Crippen LogP contribution in [0.5, 0.6) is 0 Å². The molecule has 6 heteroatoms. The molecule has 0 bridgehead atoms. The molecule has 4 rings (SSSR count). The van der Waals surface area contributed by atoms with Crippen LogP contribution in [0.4, 0.5) is 8.78 Å². The minimum Gasteiger partial charge on any atom is -0.465 e. The van der Waals surface area contributed by atoms with Gasteiger partial charge in [-0.2, -0.15) is 0 Å². The summed E-state index contributed by atoms with van der Waals surface area (Å²) in [7, 11) is 0. The molecule has 1 aliphatic heterocycles. The summed E-state index contributed by atoms with van der Waals surface area (Å²) >= 11 is 0. The van der Waals surface area contributed by atoms with Crippen molar-refractivity contribution in [2.75, 3.05) is 26.2 Å². The minimum atomic E-state index is -0.294. The Kier molecular flexibility index (Phi) is 6.39. The number of aryl methyl sites for hydroxylation is 1. The lowest BCUT2D eigenvalue weighted by atomic mass is 9.93. The van der Waals surface area contributed by atoms with E-state index in [1.165, 1.54) is 24.3 Å². The van der Waals surface area contributed by atoms with Crippen molar-refractivity contribution in [3.8, 4) is 0 Å². The van der Waals surface area contributed by atoms with Crippen LogP contribution in [0.1, 0.15) is 59.8 Å². The summed E-state index contributed by atoms with van der Waals surface area (Å²) < 4.78 is 33.0. The van der Waals surface area contributed by atoms with Crippen molar-refractivity contribution >= 4 is 5.91 Å². The van der Waals surface area contributed by atoms with Crippen molar-refractivity contribution in [2.45, 2.75) is 39.2 Å². The van der Waals surface area contributed by atoms with E-state index in [1.54, 1.807) is 24.3 Å². The first kappa shape index (κ1) is 23.2. The summed E-state index contributed by atoms with van der Waals surface area (Å²) in [5.74, 6) is 0.832. The molecule has 174 valence electrons. The summed E-state index contributed by atoms with van der Waals surface area (Å²) in [5, 5.41) is 0. The first-order valence-corrected chi connectivity index (χ1v) is 11.3. The maximum Gasteiger partial charge on any atom is 0.257 e. The third-order valence-electron chi connectivity index (χ3n) is 6.23. The van der Waals surface area contributed by atoms with Crippen LogP contribution in [0.3, 0.4) is 0 Å². The Hall–Kier alpha value is -2.99. The van der Waals surface area contributed by atoms with Gasteiger partial charge in [-0.1, -0.05) is 45.0 Å². The average molecular weight is 453 g/mol. The van der Waals surface area contributed by atoms with Gasteiger partial charge in [0.15, 0.2) is 0 Å². The Morgan fingerprint density at radius 1 is 0.879 bits per heavy atom. The molecule has 0 aliphatic carbocycles. The lowest BCUT2D eigenvalue weighted by Crippen LogP contribution is -2.49. The molecule has 0 radical (unpaired) electrons. The molecule has 0 N–H and O–H groups in total. The number of carbonyl (C=O) groups is 1. The Morgan fingerprint density at radius 2 is 1.36 bits per heavy atom. The zero-order chi connectivity index (χ0) is 23.8. The number of hydrogen-bond donors (Lipinski definition) is 0. The van der Waals surface area contributed by atoms with E-state index >= 15 is 0 Å². The summed E-state index contributed by atoms with van der Waals surface area (Å²) in [6, 6.07) is 14.6. The van der Waals surface area contributed by atoms with Gasteiger partial charge in [0.2, 0.25) is 0 Å². The molecule has 1 amide bonds.